The number of benzene rings is 1. The van der Waals surface area contributed by atoms with Gasteiger partial charge in [-0.3, -0.25) is 4.79 Å². The van der Waals surface area contributed by atoms with Gasteiger partial charge in [-0.15, -0.1) is 0 Å². The molecule has 9 heteroatoms. The van der Waals surface area contributed by atoms with Crippen LogP contribution in [0.4, 0.5) is 13.2 Å². The average Bonchev–Trinajstić information content (AvgIpc) is 2.92. The lowest BCUT2D eigenvalue weighted by Gasteiger charge is -2.12. The zero-order valence-corrected chi connectivity index (χ0v) is 13.9. The lowest BCUT2D eigenvalue weighted by atomic mass is 9.99. The molecule has 1 unspecified atom stereocenters. The van der Waals surface area contributed by atoms with E-state index in [-0.39, 0.29) is 17.6 Å². The molecule has 3 rings (SSSR count). The molecule has 6 nitrogen and oxygen atoms in total. The van der Waals surface area contributed by atoms with Gasteiger partial charge in [0.05, 0.1) is 23.7 Å². The van der Waals surface area contributed by atoms with Crippen LogP contribution in [0.1, 0.15) is 41.3 Å². The first-order valence-corrected chi connectivity index (χ1v) is 7.75. The molecule has 2 heterocycles. The second-order valence-electron chi connectivity index (χ2n) is 5.89. The molecule has 3 aromatic rings. The molecule has 0 saturated carbocycles. The van der Waals surface area contributed by atoms with E-state index in [1.165, 1.54) is 16.6 Å². The van der Waals surface area contributed by atoms with Gasteiger partial charge in [-0.2, -0.15) is 23.5 Å². The molecule has 0 aliphatic rings. The van der Waals surface area contributed by atoms with Gasteiger partial charge in [-0.25, -0.2) is 9.50 Å². The van der Waals surface area contributed by atoms with Gasteiger partial charge in [0.15, 0.2) is 5.52 Å². The number of hydrogen-bond acceptors (Lipinski definition) is 4. The van der Waals surface area contributed by atoms with Crippen molar-refractivity contribution in [3.63, 3.8) is 0 Å². The molecule has 134 valence electrons. The van der Waals surface area contributed by atoms with E-state index >= 15 is 0 Å². The molecule has 0 aliphatic carbocycles. The molecule has 0 radical (unpaired) electrons. The number of aromatic nitrogens is 4. The Morgan fingerprint density at radius 1 is 1.31 bits per heavy atom. The van der Waals surface area contributed by atoms with Crippen molar-refractivity contribution in [3.05, 3.63) is 63.1 Å². The number of aryl methyl sites for hydroxylation is 1. The standard InChI is InChI=1S/C17H14F3N5O/c1-9(11-3-5-12(6-4-11)17(18,19)20)15-23-13(7-8-21)14-16(26)22-10(2)24-25(14)15/h3-6,9H,7H2,1-2H3,(H,22,24,26). The first-order valence-electron chi connectivity index (χ1n) is 7.75. The van der Waals surface area contributed by atoms with Gasteiger partial charge in [0, 0.05) is 5.92 Å². The number of H-pyrrole nitrogens is 1. The Morgan fingerprint density at radius 3 is 2.54 bits per heavy atom. The van der Waals surface area contributed by atoms with Gasteiger partial charge >= 0.3 is 6.18 Å². The predicted molar refractivity (Wildman–Crippen MR) is 86.6 cm³/mol. The number of fused-ring (bicyclic) bond motifs is 1. The SMILES string of the molecule is Cc1nn2c(C(C)c3ccc(C(F)(F)F)cc3)nc(CC#N)c2c(=O)[nH]1. The first kappa shape index (κ1) is 17.7. The summed E-state index contributed by atoms with van der Waals surface area (Å²) in [5.74, 6) is 0.328. The zero-order valence-electron chi connectivity index (χ0n) is 13.9. The number of aromatic amines is 1. The van der Waals surface area contributed by atoms with Crippen LogP contribution < -0.4 is 5.56 Å². The van der Waals surface area contributed by atoms with E-state index in [1.54, 1.807) is 13.8 Å². The maximum atomic E-state index is 12.7. The van der Waals surface area contributed by atoms with Crippen LogP contribution in [-0.4, -0.2) is 19.6 Å². The number of nitrogens with one attached hydrogen (secondary N) is 1. The quantitative estimate of drug-likeness (QED) is 0.777. The largest absolute Gasteiger partial charge is 0.416 e. The third kappa shape index (κ3) is 3.06. The highest BCUT2D eigenvalue weighted by Crippen LogP contribution is 2.31. The molecule has 0 saturated heterocycles. The second kappa shape index (κ2) is 6.29. The molecule has 0 aliphatic heterocycles. The fourth-order valence-corrected chi connectivity index (χ4v) is 2.79. The summed E-state index contributed by atoms with van der Waals surface area (Å²) in [7, 11) is 0. The van der Waals surface area contributed by atoms with Gasteiger partial charge in [0.25, 0.3) is 5.56 Å². The number of rotatable bonds is 3. The first-order chi connectivity index (χ1) is 12.2. The summed E-state index contributed by atoms with van der Waals surface area (Å²) in [5, 5.41) is 13.2. The summed E-state index contributed by atoms with van der Waals surface area (Å²) in [5.41, 5.74) is -0.104. The molecule has 0 spiro atoms. The third-order valence-corrected chi connectivity index (χ3v) is 4.08. The fourth-order valence-electron chi connectivity index (χ4n) is 2.79. The maximum Gasteiger partial charge on any atom is 0.416 e. The minimum absolute atomic E-state index is 0.0724. The Morgan fingerprint density at radius 2 is 1.96 bits per heavy atom. The number of nitriles is 1. The highest BCUT2D eigenvalue weighted by atomic mass is 19.4. The van der Waals surface area contributed by atoms with Crippen LogP contribution in [-0.2, 0) is 12.6 Å². The van der Waals surface area contributed by atoms with Crippen molar-refractivity contribution in [1.82, 2.24) is 19.6 Å². The van der Waals surface area contributed by atoms with E-state index in [0.29, 0.717) is 17.2 Å². The number of imidazole rings is 1. The van der Waals surface area contributed by atoms with Crippen LogP contribution in [0.25, 0.3) is 5.52 Å². The molecule has 2 aromatic heterocycles. The Kier molecular flexibility index (Phi) is 4.28. The molecule has 0 amide bonds. The smallest absolute Gasteiger partial charge is 0.307 e. The lowest BCUT2D eigenvalue weighted by molar-refractivity contribution is -0.137. The third-order valence-electron chi connectivity index (χ3n) is 4.08. The van der Waals surface area contributed by atoms with Crippen LogP contribution in [0.3, 0.4) is 0 Å². The molecule has 1 aromatic carbocycles. The fraction of sp³-hybridized carbons (Fsp3) is 0.294. The van der Waals surface area contributed by atoms with Gasteiger partial charge in [0.2, 0.25) is 0 Å². The van der Waals surface area contributed by atoms with Crippen LogP contribution in [0, 0.1) is 18.3 Å². The summed E-state index contributed by atoms with van der Waals surface area (Å²) in [6.07, 6.45) is -4.48. The van der Waals surface area contributed by atoms with E-state index in [9.17, 15) is 18.0 Å². The van der Waals surface area contributed by atoms with Crippen LogP contribution in [0.5, 0.6) is 0 Å². The number of hydrogen-bond donors (Lipinski definition) is 1. The minimum Gasteiger partial charge on any atom is -0.307 e. The Balaban J connectivity index is 2.13. The molecule has 0 fully saturated rings. The summed E-state index contributed by atoms with van der Waals surface area (Å²) >= 11 is 0. The van der Waals surface area contributed by atoms with Gasteiger partial charge in [-0.05, 0) is 24.6 Å². The average molecular weight is 361 g/mol. The number of nitrogens with zero attached hydrogens (tertiary/aromatic N) is 4. The van der Waals surface area contributed by atoms with Crippen molar-refractivity contribution in [2.24, 2.45) is 0 Å². The lowest BCUT2D eigenvalue weighted by Crippen LogP contribution is -2.16. The Labute approximate surface area is 145 Å². The van der Waals surface area contributed by atoms with Gasteiger partial charge in [-0.1, -0.05) is 19.1 Å². The van der Waals surface area contributed by atoms with Gasteiger partial charge < -0.3 is 4.98 Å². The van der Waals surface area contributed by atoms with E-state index in [0.717, 1.165) is 12.1 Å². The Hall–Kier alpha value is -3.15. The highest BCUT2D eigenvalue weighted by molar-refractivity contribution is 5.52. The van der Waals surface area contributed by atoms with Crippen LogP contribution in [0.15, 0.2) is 29.1 Å². The van der Waals surface area contributed by atoms with Crippen molar-refractivity contribution >= 4 is 5.52 Å². The van der Waals surface area contributed by atoms with E-state index in [2.05, 4.69) is 15.1 Å². The molecule has 1 atom stereocenters. The Bertz CT molecular complexity index is 1060. The van der Waals surface area contributed by atoms with Crippen LogP contribution in [0.2, 0.25) is 0 Å². The van der Waals surface area contributed by atoms with Crippen molar-refractivity contribution in [2.75, 3.05) is 0 Å². The molecular formula is C17H14F3N5O. The maximum absolute atomic E-state index is 12.7. The zero-order chi connectivity index (χ0) is 19.1. The molecular weight excluding hydrogens is 347 g/mol. The van der Waals surface area contributed by atoms with Crippen molar-refractivity contribution < 1.29 is 13.2 Å². The number of halogens is 3. The molecule has 26 heavy (non-hydrogen) atoms. The van der Waals surface area contributed by atoms with E-state index in [1.807, 2.05) is 6.07 Å². The van der Waals surface area contributed by atoms with Crippen molar-refractivity contribution in [2.45, 2.75) is 32.4 Å². The topological polar surface area (TPSA) is 86.8 Å². The molecule has 0 bridgehead atoms. The second-order valence-corrected chi connectivity index (χ2v) is 5.89. The van der Waals surface area contributed by atoms with E-state index in [4.69, 9.17) is 5.26 Å². The summed E-state index contributed by atoms with van der Waals surface area (Å²) in [6.45, 7) is 3.36. The van der Waals surface area contributed by atoms with Crippen molar-refractivity contribution in [1.29, 1.82) is 5.26 Å². The minimum atomic E-state index is -4.41. The number of alkyl halides is 3. The highest BCUT2D eigenvalue weighted by Gasteiger charge is 2.30. The molecule has 1 N–H and O–H groups in total. The van der Waals surface area contributed by atoms with Crippen molar-refractivity contribution in [3.8, 4) is 6.07 Å². The summed E-state index contributed by atoms with van der Waals surface area (Å²) in [6, 6.07) is 6.71. The van der Waals surface area contributed by atoms with E-state index < -0.39 is 23.2 Å². The summed E-state index contributed by atoms with van der Waals surface area (Å²) < 4.78 is 39.6. The van der Waals surface area contributed by atoms with Gasteiger partial charge in [0.1, 0.15) is 11.6 Å². The summed E-state index contributed by atoms with van der Waals surface area (Å²) in [4.78, 5) is 19.2. The normalized spacial score (nSPS) is 12.9. The predicted octanol–water partition coefficient (Wildman–Crippen LogP) is 2.96. The monoisotopic (exact) mass is 361 g/mol. The van der Waals surface area contributed by atoms with Crippen LogP contribution >= 0.6 is 0 Å².